The highest BCUT2D eigenvalue weighted by molar-refractivity contribution is 5.61. The van der Waals surface area contributed by atoms with Gasteiger partial charge in [0.2, 0.25) is 0 Å². The summed E-state index contributed by atoms with van der Waals surface area (Å²) >= 11 is 0. The third-order valence-electron chi connectivity index (χ3n) is 3.17. The molecule has 16 heavy (non-hydrogen) atoms. The second-order valence-corrected chi connectivity index (χ2v) is 4.40. The molecule has 0 fully saturated rings. The van der Waals surface area contributed by atoms with E-state index in [1.807, 2.05) is 6.07 Å². The second-order valence-electron chi connectivity index (χ2n) is 4.40. The number of hydrogen-bond donors (Lipinski definition) is 1. The number of benzene rings is 1. The molecule has 2 aromatic rings. The molecule has 0 aliphatic heterocycles. The molecule has 2 heteroatoms. The molecule has 0 aliphatic carbocycles. The Balaban J connectivity index is 2.78. The fourth-order valence-corrected chi connectivity index (χ4v) is 2.22. The van der Waals surface area contributed by atoms with Gasteiger partial charge in [-0.05, 0) is 57.0 Å². The largest absolute Gasteiger partial charge is 0.398 e. The SMILES string of the molecule is Cc1ccc(N)c(C)c1-n1c(C)ccc1C. The van der Waals surface area contributed by atoms with E-state index in [-0.39, 0.29) is 0 Å². The summed E-state index contributed by atoms with van der Waals surface area (Å²) in [6.07, 6.45) is 0. The zero-order valence-electron chi connectivity index (χ0n) is 10.3. The average Bonchev–Trinajstić information content (AvgIpc) is 2.56. The highest BCUT2D eigenvalue weighted by Crippen LogP contribution is 2.27. The number of aromatic nitrogens is 1. The number of hydrogen-bond acceptors (Lipinski definition) is 1. The van der Waals surface area contributed by atoms with Gasteiger partial charge in [0.25, 0.3) is 0 Å². The standard InChI is InChI=1S/C14H18N2/c1-9-5-8-13(15)12(4)14(9)16-10(2)6-7-11(16)3/h5-8H,15H2,1-4H3. The lowest BCUT2D eigenvalue weighted by molar-refractivity contribution is 0.945. The van der Waals surface area contributed by atoms with Gasteiger partial charge in [0.1, 0.15) is 0 Å². The lowest BCUT2D eigenvalue weighted by atomic mass is 10.1. The molecule has 1 aromatic heterocycles. The first-order chi connectivity index (χ1) is 7.52. The molecule has 2 rings (SSSR count). The van der Waals surface area contributed by atoms with E-state index in [2.05, 4.69) is 50.5 Å². The molecule has 2 N–H and O–H groups in total. The average molecular weight is 214 g/mol. The van der Waals surface area contributed by atoms with Crippen molar-refractivity contribution in [2.45, 2.75) is 27.7 Å². The van der Waals surface area contributed by atoms with E-state index in [9.17, 15) is 0 Å². The molecule has 0 aliphatic rings. The van der Waals surface area contributed by atoms with Crippen molar-refractivity contribution in [1.82, 2.24) is 4.57 Å². The summed E-state index contributed by atoms with van der Waals surface area (Å²) in [7, 11) is 0. The van der Waals surface area contributed by atoms with Gasteiger partial charge in [-0.15, -0.1) is 0 Å². The summed E-state index contributed by atoms with van der Waals surface area (Å²) in [4.78, 5) is 0. The Bertz CT molecular complexity index is 516. The van der Waals surface area contributed by atoms with Crippen molar-refractivity contribution in [2.24, 2.45) is 0 Å². The van der Waals surface area contributed by atoms with Crippen molar-refractivity contribution in [3.05, 3.63) is 46.8 Å². The highest BCUT2D eigenvalue weighted by atomic mass is 15.0. The highest BCUT2D eigenvalue weighted by Gasteiger charge is 2.11. The topological polar surface area (TPSA) is 30.9 Å². The van der Waals surface area contributed by atoms with E-state index in [4.69, 9.17) is 5.73 Å². The number of nitrogens with two attached hydrogens (primary N) is 1. The van der Waals surface area contributed by atoms with E-state index in [1.165, 1.54) is 22.6 Å². The van der Waals surface area contributed by atoms with Gasteiger partial charge in [-0.2, -0.15) is 0 Å². The van der Waals surface area contributed by atoms with Crippen molar-refractivity contribution in [3.8, 4) is 5.69 Å². The van der Waals surface area contributed by atoms with Crippen LogP contribution in [0.1, 0.15) is 22.5 Å². The van der Waals surface area contributed by atoms with Gasteiger partial charge >= 0.3 is 0 Å². The fraction of sp³-hybridized carbons (Fsp3) is 0.286. The van der Waals surface area contributed by atoms with Crippen LogP contribution in [0.4, 0.5) is 5.69 Å². The molecule has 0 bridgehead atoms. The second kappa shape index (κ2) is 3.71. The Kier molecular flexibility index (Phi) is 2.50. The normalized spacial score (nSPS) is 10.8. The van der Waals surface area contributed by atoms with Crippen LogP contribution in [-0.4, -0.2) is 4.57 Å². The molecule has 0 spiro atoms. The lowest BCUT2D eigenvalue weighted by Crippen LogP contribution is -2.05. The van der Waals surface area contributed by atoms with Gasteiger partial charge in [0, 0.05) is 17.1 Å². The molecule has 0 radical (unpaired) electrons. The first-order valence-electron chi connectivity index (χ1n) is 5.53. The van der Waals surface area contributed by atoms with Gasteiger partial charge in [-0.1, -0.05) is 6.07 Å². The summed E-state index contributed by atoms with van der Waals surface area (Å²) in [5.41, 5.74) is 13.0. The Labute approximate surface area is 96.7 Å². The molecular formula is C14H18N2. The van der Waals surface area contributed by atoms with Gasteiger partial charge in [0.15, 0.2) is 0 Å². The molecule has 0 atom stereocenters. The summed E-state index contributed by atoms with van der Waals surface area (Å²) in [5, 5.41) is 0. The molecular weight excluding hydrogens is 196 g/mol. The maximum Gasteiger partial charge on any atom is 0.0533 e. The van der Waals surface area contributed by atoms with Crippen LogP contribution in [0.15, 0.2) is 24.3 Å². The van der Waals surface area contributed by atoms with Crippen LogP contribution in [0.2, 0.25) is 0 Å². The van der Waals surface area contributed by atoms with Crippen LogP contribution in [0.25, 0.3) is 5.69 Å². The summed E-state index contributed by atoms with van der Waals surface area (Å²) in [6.45, 7) is 8.45. The predicted octanol–water partition coefficient (Wildman–Crippen LogP) is 3.29. The number of anilines is 1. The molecule has 2 nitrogen and oxygen atoms in total. The summed E-state index contributed by atoms with van der Waals surface area (Å²) < 4.78 is 2.26. The van der Waals surface area contributed by atoms with E-state index in [0.29, 0.717) is 0 Å². The van der Waals surface area contributed by atoms with Crippen molar-refractivity contribution in [2.75, 3.05) is 5.73 Å². The van der Waals surface area contributed by atoms with Crippen molar-refractivity contribution < 1.29 is 0 Å². The van der Waals surface area contributed by atoms with Crippen LogP contribution < -0.4 is 5.73 Å². The van der Waals surface area contributed by atoms with E-state index < -0.39 is 0 Å². The smallest absolute Gasteiger partial charge is 0.0533 e. The molecule has 0 amide bonds. The van der Waals surface area contributed by atoms with Crippen LogP contribution >= 0.6 is 0 Å². The van der Waals surface area contributed by atoms with Gasteiger partial charge in [-0.3, -0.25) is 0 Å². The zero-order chi connectivity index (χ0) is 11.9. The summed E-state index contributed by atoms with van der Waals surface area (Å²) in [6, 6.07) is 8.33. The van der Waals surface area contributed by atoms with Gasteiger partial charge < -0.3 is 10.3 Å². The summed E-state index contributed by atoms with van der Waals surface area (Å²) in [5.74, 6) is 0. The number of nitrogens with zero attached hydrogens (tertiary/aromatic N) is 1. The fourth-order valence-electron chi connectivity index (χ4n) is 2.22. The van der Waals surface area contributed by atoms with Crippen LogP contribution in [-0.2, 0) is 0 Å². The minimum Gasteiger partial charge on any atom is -0.398 e. The third kappa shape index (κ3) is 1.51. The Morgan fingerprint density at radius 2 is 1.44 bits per heavy atom. The molecule has 1 aromatic carbocycles. The van der Waals surface area contributed by atoms with Crippen LogP contribution in [0.3, 0.4) is 0 Å². The van der Waals surface area contributed by atoms with Crippen LogP contribution in [0.5, 0.6) is 0 Å². The maximum absolute atomic E-state index is 5.98. The number of rotatable bonds is 1. The first kappa shape index (κ1) is 10.8. The first-order valence-corrected chi connectivity index (χ1v) is 5.53. The van der Waals surface area contributed by atoms with Gasteiger partial charge in [0.05, 0.1) is 5.69 Å². The number of aryl methyl sites for hydroxylation is 3. The van der Waals surface area contributed by atoms with E-state index >= 15 is 0 Å². The van der Waals surface area contributed by atoms with E-state index in [1.54, 1.807) is 0 Å². The quantitative estimate of drug-likeness (QED) is 0.725. The predicted molar refractivity (Wildman–Crippen MR) is 69.1 cm³/mol. The zero-order valence-corrected chi connectivity index (χ0v) is 10.3. The molecule has 0 saturated carbocycles. The van der Waals surface area contributed by atoms with Crippen LogP contribution in [0, 0.1) is 27.7 Å². The minimum atomic E-state index is 0.855. The minimum absolute atomic E-state index is 0.855. The molecule has 0 unspecified atom stereocenters. The molecule has 84 valence electrons. The lowest BCUT2D eigenvalue weighted by Gasteiger charge is -2.17. The molecule has 1 heterocycles. The number of nitrogen functional groups attached to an aromatic ring is 1. The Morgan fingerprint density at radius 3 is 2.00 bits per heavy atom. The van der Waals surface area contributed by atoms with Crippen molar-refractivity contribution in [3.63, 3.8) is 0 Å². The Morgan fingerprint density at radius 1 is 0.875 bits per heavy atom. The maximum atomic E-state index is 5.98. The van der Waals surface area contributed by atoms with E-state index in [0.717, 1.165) is 11.3 Å². The van der Waals surface area contributed by atoms with Crippen molar-refractivity contribution in [1.29, 1.82) is 0 Å². The molecule has 0 saturated heterocycles. The monoisotopic (exact) mass is 214 g/mol. The Hall–Kier alpha value is -1.70. The van der Waals surface area contributed by atoms with Gasteiger partial charge in [-0.25, -0.2) is 0 Å². The third-order valence-corrected chi connectivity index (χ3v) is 3.17. The van der Waals surface area contributed by atoms with Crippen molar-refractivity contribution >= 4 is 5.69 Å².